The maximum atomic E-state index is 12.5. The molecule has 0 bridgehead atoms. The average molecular weight is 492 g/mol. The second kappa shape index (κ2) is 9.55. The lowest BCUT2D eigenvalue weighted by atomic mass is 9.48. The van der Waals surface area contributed by atoms with Gasteiger partial charge in [-0.15, -0.1) is 0 Å². The van der Waals surface area contributed by atoms with E-state index in [0.29, 0.717) is 17.8 Å². The number of carbonyl (C=O) groups is 1. The smallest absolute Gasteiger partial charge is 0.323 e. The van der Waals surface area contributed by atoms with Gasteiger partial charge in [-0.3, -0.25) is 4.79 Å². The summed E-state index contributed by atoms with van der Waals surface area (Å²) >= 11 is 0. The predicted molar refractivity (Wildman–Crippen MR) is 147 cm³/mol. The van der Waals surface area contributed by atoms with E-state index in [2.05, 4.69) is 60.9 Å². The first-order chi connectivity index (χ1) is 17.2. The van der Waals surface area contributed by atoms with Crippen LogP contribution < -0.4 is 16.4 Å². The van der Waals surface area contributed by atoms with E-state index in [4.69, 9.17) is 10.5 Å². The topological polar surface area (TPSA) is 76.4 Å². The standard InChI is InChI=1S/C31H45N3O2/c1-19(2)28(32)29(35)36-21-14-16-30(3)20(18-21)10-11-22-23-12-13-27(31(23,4)17-15-24(22)30)34-26-9-7-6-8-25(26)33-5/h6-10,13,19,21-24,28,33-34H,11-12,14-18,32H2,1-5H3/t21-,22?,23?,24?,28?,30-,31-/m0/s1. The molecule has 0 heterocycles. The highest BCUT2D eigenvalue weighted by atomic mass is 16.5. The Balaban J connectivity index is 1.30. The maximum absolute atomic E-state index is 12.5. The molecule has 4 aliphatic carbocycles. The van der Waals surface area contributed by atoms with Crippen molar-refractivity contribution in [1.29, 1.82) is 0 Å². The maximum Gasteiger partial charge on any atom is 0.323 e. The Morgan fingerprint density at radius 2 is 1.75 bits per heavy atom. The molecule has 36 heavy (non-hydrogen) atoms. The summed E-state index contributed by atoms with van der Waals surface area (Å²) in [6.45, 7) is 8.95. The number of hydrogen-bond acceptors (Lipinski definition) is 5. The summed E-state index contributed by atoms with van der Waals surface area (Å²) in [5.41, 5.74) is 11.7. The zero-order chi connectivity index (χ0) is 25.7. The van der Waals surface area contributed by atoms with Gasteiger partial charge >= 0.3 is 5.97 Å². The van der Waals surface area contributed by atoms with Crippen molar-refractivity contribution in [3.8, 4) is 0 Å². The molecule has 2 saturated carbocycles. The first kappa shape index (κ1) is 25.4. The summed E-state index contributed by atoms with van der Waals surface area (Å²) < 4.78 is 5.89. The molecule has 0 radical (unpaired) electrons. The number of ether oxygens (including phenoxy) is 1. The van der Waals surface area contributed by atoms with E-state index in [1.54, 1.807) is 0 Å². The van der Waals surface area contributed by atoms with E-state index in [-0.39, 0.29) is 28.8 Å². The third-order valence-electron chi connectivity index (χ3n) is 10.4. The van der Waals surface area contributed by atoms with Gasteiger partial charge in [-0.25, -0.2) is 0 Å². The van der Waals surface area contributed by atoms with Crippen molar-refractivity contribution in [2.24, 2.45) is 40.2 Å². The molecule has 0 spiro atoms. The fraction of sp³-hybridized carbons (Fsp3) is 0.645. The van der Waals surface area contributed by atoms with Crippen molar-refractivity contribution < 1.29 is 9.53 Å². The molecule has 0 saturated heterocycles. The van der Waals surface area contributed by atoms with Crippen LogP contribution in [0, 0.1) is 34.5 Å². The van der Waals surface area contributed by atoms with E-state index < -0.39 is 6.04 Å². The van der Waals surface area contributed by atoms with Gasteiger partial charge in [0.2, 0.25) is 0 Å². The fourth-order valence-electron chi connectivity index (χ4n) is 7.96. The molecular weight excluding hydrogens is 446 g/mol. The first-order valence-electron chi connectivity index (χ1n) is 14.1. The number of esters is 1. The molecule has 0 aliphatic heterocycles. The zero-order valence-electron chi connectivity index (χ0n) is 22.8. The van der Waals surface area contributed by atoms with Crippen molar-refractivity contribution in [1.82, 2.24) is 0 Å². The number of carbonyl (C=O) groups excluding carboxylic acids is 1. The minimum absolute atomic E-state index is 0.0248. The molecule has 196 valence electrons. The number of anilines is 2. The minimum Gasteiger partial charge on any atom is -0.461 e. The Kier molecular flexibility index (Phi) is 6.74. The quantitative estimate of drug-likeness (QED) is 0.313. The lowest BCUT2D eigenvalue weighted by Gasteiger charge is -2.57. The molecule has 5 nitrogen and oxygen atoms in total. The van der Waals surface area contributed by atoms with Crippen molar-refractivity contribution in [2.75, 3.05) is 17.7 Å². The number of allylic oxidation sites excluding steroid dienone is 3. The number of nitrogens with two attached hydrogens (primary N) is 1. The number of benzene rings is 1. The largest absolute Gasteiger partial charge is 0.461 e. The molecule has 4 N–H and O–H groups in total. The second-order valence-corrected chi connectivity index (χ2v) is 12.6. The van der Waals surface area contributed by atoms with Crippen molar-refractivity contribution in [2.45, 2.75) is 84.8 Å². The highest BCUT2D eigenvalue weighted by Crippen LogP contribution is 2.65. The van der Waals surface area contributed by atoms with Crippen LogP contribution in [0.2, 0.25) is 0 Å². The molecule has 1 aromatic carbocycles. The Morgan fingerprint density at radius 3 is 2.47 bits per heavy atom. The molecule has 5 heteroatoms. The van der Waals surface area contributed by atoms with Gasteiger partial charge in [0.1, 0.15) is 12.1 Å². The van der Waals surface area contributed by atoms with Crippen LogP contribution in [0.1, 0.15) is 72.6 Å². The van der Waals surface area contributed by atoms with Gasteiger partial charge in [0.15, 0.2) is 0 Å². The van der Waals surface area contributed by atoms with Gasteiger partial charge in [-0.05, 0) is 79.7 Å². The van der Waals surface area contributed by atoms with Crippen LogP contribution in [0.5, 0.6) is 0 Å². The van der Waals surface area contributed by atoms with Crippen LogP contribution in [0.15, 0.2) is 47.7 Å². The van der Waals surface area contributed by atoms with Crippen LogP contribution in [-0.2, 0) is 9.53 Å². The molecule has 5 rings (SSSR count). The molecule has 4 unspecified atom stereocenters. The molecular formula is C31H45N3O2. The Bertz CT molecular complexity index is 1060. The van der Waals surface area contributed by atoms with E-state index in [1.165, 1.54) is 24.1 Å². The van der Waals surface area contributed by atoms with Gasteiger partial charge < -0.3 is 21.1 Å². The molecule has 7 atom stereocenters. The highest BCUT2D eigenvalue weighted by Gasteiger charge is 2.57. The van der Waals surface area contributed by atoms with Gasteiger partial charge in [-0.1, -0.05) is 57.6 Å². The second-order valence-electron chi connectivity index (χ2n) is 12.6. The van der Waals surface area contributed by atoms with Crippen molar-refractivity contribution in [3.63, 3.8) is 0 Å². The third-order valence-corrected chi connectivity index (χ3v) is 10.4. The van der Waals surface area contributed by atoms with Gasteiger partial charge in [0, 0.05) is 24.6 Å². The SMILES string of the molecule is CNc1ccccc1NC1=CCC2C3CC=C4C[C@@H](OC(=O)C(N)C(C)C)CC[C@]4(C)C3CC[C@]12C. The van der Waals surface area contributed by atoms with Gasteiger partial charge in [0.25, 0.3) is 0 Å². The number of nitrogens with one attached hydrogen (secondary N) is 2. The molecule has 0 aromatic heterocycles. The predicted octanol–water partition coefficient (Wildman–Crippen LogP) is 6.49. The lowest BCUT2D eigenvalue weighted by molar-refractivity contribution is -0.154. The van der Waals surface area contributed by atoms with E-state index in [0.717, 1.165) is 43.5 Å². The molecule has 4 aliphatic rings. The summed E-state index contributed by atoms with van der Waals surface area (Å²) in [6.07, 6.45) is 12.7. The van der Waals surface area contributed by atoms with Gasteiger partial charge in [-0.2, -0.15) is 0 Å². The molecule has 1 aromatic rings. The Hall–Kier alpha value is -2.27. The van der Waals surface area contributed by atoms with Crippen LogP contribution in [0.4, 0.5) is 11.4 Å². The summed E-state index contributed by atoms with van der Waals surface area (Å²) in [4.78, 5) is 12.5. The zero-order valence-corrected chi connectivity index (χ0v) is 22.8. The Labute approximate surface area is 217 Å². The molecule has 2 fully saturated rings. The van der Waals surface area contributed by atoms with Gasteiger partial charge in [0.05, 0.1) is 11.4 Å². The van der Waals surface area contributed by atoms with Crippen LogP contribution in [-0.4, -0.2) is 25.2 Å². The summed E-state index contributed by atoms with van der Waals surface area (Å²) in [7, 11) is 1.99. The number of para-hydroxylation sites is 2. The average Bonchev–Trinajstić information content (AvgIpc) is 3.20. The van der Waals surface area contributed by atoms with Crippen molar-refractivity contribution in [3.05, 3.63) is 47.7 Å². The lowest BCUT2D eigenvalue weighted by Crippen LogP contribution is -2.50. The van der Waals surface area contributed by atoms with Crippen molar-refractivity contribution >= 4 is 17.3 Å². The highest BCUT2D eigenvalue weighted by molar-refractivity contribution is 5.76. The first-order valence-corrected chi connectivity index (χ1v) is 14.1. The van der Waals surface area contributed by atoms with Crippen LogP contribution in [0.3, 0.4) is 0 Å². The monoisotopic (exact) mass is 491 g/mol. The Morgan fingerprint density at radius 1 is 1.03 bits per heavy atom. The van der Waals surface area contributed by atoms with E-state index >= 15 is 0 Å². The van der Waals surface area contributed by atoms with Crippen LogP contribution in [0.25, 0.3) is 0 Å². The minimum atomic E-state index is -0.531. The number of rotatable bonds is 6. The summed E-state index contributed by atoms with van der Waals surface area (Å²) in [6, 6.07) is 7.96. The fourth-order valence-corrected chi connectivity index (χ4v) is 7.96. The normalized spacial score (nSPS) is 36.1. The van der Waals surface area contributed by atoms with E-state index in [1.807, 2.05) is 20.9 Å². The molecule has 0 amide bonds. The summed E-state index contributed by atoms with van der Waals surface area (Å²) in [5.74, 6) is 1.96. The third kappa shape index (κ3) is 4.17. The number of hydrogen-bond donors (Lipinski definition) is 3. The van der Waals surface area contributed by atoms with Crippen LogP contribution >= 0.6 is 0 Å². The summed E-state index contributed by atoms with van der Waals surface area (Å²) in [5, 5.41) is 7.15. The van der Waals surface area contributed by atoms with E-state index in [9.17, 15) is 4.79 Å². The number of fused-ring (bicyclic) bond motifs is 5.